The minimum absolute atomic E-state index is 0.112. The quantitative estimate of drug-likeness (QED) is 0.673. The van der Waals surface area contributed by atoms with Gasteiger partial charge in [-0.3, -0.25) is 4.79 Å². The molecule has 9 nitrogen and oxygen atoms in total. The van der Waals surface area contributed by atoms with Gasteiger partial charge in [0.15, 0.2) is 23.9 Å². The molecule has 1 saturated heterocycles. The molecular formula is C20H27N3O6S. The third-order valence-electron chi connectivity index (χ3n) is 4.89. The summed E-state index contributed by atoms with van der Waals surface area (Å²) in [6.07, 6.45) is 1.04. The molecule has 1 aliphatic rings. The van der Waals surface area contributed by atoms with Crippen molar-refractivity contribution in [1.82, 2.24) is 14.8 Å². The van der Waals surface area contributed by atoms with Gasteiger partial charge in [0.25, 0.3) is 5.91 Å². The van der Waals surface area contributed by atoms with Crippen LogP contribution in [0.3, 0.4) is 0 Å². The molecule has 0 radical (unpaired) electrons. The van der Waals surface area contributed by atoms with Crippen molar-refractivity contribution in [3.8, 4) is 11.5 Å². The highest BCUT2D eigenvalue weighted by Crippen LogP contribution is 2.27. The Hall–Kier alpha value is -2.59. The van der Waals surface area contributed by atoms with Crippen molar-refractivity contribution in [3.63, 3.8) is 0 Å². The molecule has 0 atom stereocenters. The highest BCUT2D eigenvalue weighted by atomic mass is 32.2. The lowest BCUT2D eigenvalue weighted by molar-refractivity contribution is -0.124. The highest BCUT2D eigenvalue weighted by molar-refractivity contribution is 7.89. The van der Waals surface area contributed by atoms with E-state index in [1.807, 2.05) is 19.1 Å². The normalized spacial score (nSPS) is 15.7. The average molecular weight is 438 g/mol. The van der Waals surface area contributed by atoms with Crippen LogP contribution in [0.15, 0.2) is 33.7 Å². The number of aryl methyl sites for hydroxylation is 2. The summed E-state index contributed by atoms with van der Waals surface area (Å²) >= 11 is 0. The predicted octanol–water partition coefficient (Wildman–Crippen LogP) is 2.04. The van der Waals surface area contributed by atoms with Crippen molar-refractivity contribution < 1.29 is 27.2 Å². The molecule has 1 amide bonds. The van der Waals surface area contributed by atoms with Crippen molar-refractivity contribution in [2.24, 2.45) is 0 Å². The number of rotatable bonds is 8. The van der Waals surface area contributed by atoms with Gasteiger partial charge < -0.3 is 19.3 Å². The fraction of sp³-hybridized carbons (Fsp3) is 0.500. The molecule has 1 fully saturated rings. The number of aromatic nitrogens is 1. The lowest BCUT2D eigenvalue weighted by Gasteiger charge is -2.31. The van der Waals surface area contributed by atoms with Crippen molar-refractivity contribution in [2.75, 3.05) is 26.3 Å². The van der Waals surface area contributed by atoms with Gasteiger partial charge in [0.1, 0.15) is 10.6 Å². The molecule has 10 heteroatoms. The number of piperidine rings is 1. The first-order valence-corrected chi connectivity index (χ1v) is 11.3. The molecule has 30 heavy (non-hydrogen) atoms. The number of amides is 1. The Balaban J connectivity index is 1.51. The summed E-state index contributed by atoms with van der Waals surface area (Å²) in [6.45, 7) is 6.06. The van der Waals surface area contributed by atoms with E-state index in [-0.39, 0.29) is 29.2 Å². The van der Waals surface area contributed by atoms with Crippen molar-refractivity contribution in [3.05, 3.63) is 35.7 Å². The summed E-state index contributed by atoms with van der Waals surface area (Å²) in [5.74, 6) is 1.13. The number of carbonyl (C=O) groups is 1. The fourth-order valence-electron chi connectivity index (χ4n) is 3.47. The minimum Gasteiger partial charge on any atom is -0.490 e. The number of para-hydroxylation sites is 2. The molecule has 1 N–H and O–H groups in total. The van der Waals surface area contributed by atoms with Crippen molar-refractivity contribution >= 4 is 15.9 Å². The van der Waals surface area contributed by atoms with E-state index in [4.69, 9.17) is 14.0 Å². The van der Waals surface area contributed by atoms with Gasteiger partial charge in [0.05, 0.1) is 6.61 Å². The number of sulfonamides is 1. The summed E-state index contributed by atoms with van der Waals surface area (Å²) in [7, 11) is -3.66. The summed E-state index contributed by atoms with van der Waals surface area (Å²) in [6, 6.07) is 7.06. The van der Waals surface area contributed by atoms with Gasteiger partial charge in [0, 0.05) is 19.1 Å². The van der Waals surface area contributed by atoms with Gasteiger partial charge in [-0.15, -0.1) is 0 Å². The SMILES string of the molecule is CCOc1ccccc1OCC(=O)NC1CCN(S(=O)(=O)c2c(C)noc2C)CC1. The first-order valence-electron chi connectivity index (χ1n) is 9.90. The zero-order valence-electron chi connectivity index (χ0n) is 17.4. The molecule has 3 rings (SSSR count). The highest BCUT2D eigenvalue weighted by Gasteiger charge is 2.34. The Kier molecular flexibility index (Phi) is 6.99. The number of nitrogens with one attached hydrogen (secondary N) is 1. The van der Waals surface area contributed by atoms with Crippen LogP contribution >= 0.6 is 0 Å². The predicted molar refractivity (Wildman–Crippen MR) is 109 cm³/mol. The molecule has 0 saturated carbocycles. The Morgan fingerprint density at radius 2 is 1.83 bits per heavy atom. The van der Waals surface area contributed by atoms with Gasteiger partial charge >= 0.3 is 0 Å². The van der Waals surface area contributed by atoms with Gasteiger partial charge in [-0.05, 0) is 45.7 Å². The van der Waals surface area contributed by atoms with E-state index in [1.165, 1.54) is 4.31 Å². The molecule has 2 heterocycles. The van der Waals surface area contributed by atoms with Crippen LogP contribution in [0, 0.1) is 13.8 Å². The Bertz CT molecular complexity index is 961. The second-order valence-corrected chi connectivity index (χ2v) is 8.94. The van der Waals surface area contributed by atoms with Crippen LogP contribution in [0.25, 0.3) is 0 Å². The number of nitrogens with zero attached hydrogens (tertiary/aromatic N) is 2. The molecular weight excluding hydrogens is 410 g/mol. The van der Waals surface area contributed by atoms with Crippen LogP contribution in [0.1, 0.15) is 31.2 Å². The molecule has 164 valence electrons. The number of hydrogen-bond acceptors (Lipinski definition) is 7. The standard InChI is InChI=1S/C20H27N3O6S/c1-4-27-17-7-5-6-8-18(17)28-13-19(24)21-16-9-11-23(12-10-16)30(25,26)20-14(2)22-29-15(20)3/h5-8,16H,4,9-13H2,1-3H3,(H,21,24). The molecule has 1 aliphatic heterocycles. The second-order valence-electron chi connectivity index (χ2n) is 7.07. The molecule has 2 aromatic rings. The van der Waals surface area contributed by atoms with E-state index < -0.39 is 10.0 Å². The fourth-order valence-corrected chi connectivity index (χ4v) is 5.23. The average Bonchev–Trinajstić information content (AvgIpc) is 3.07. The smallest absolute Gasteiger partial charge is 0.258 e. The van der Waals surface area contributed by atoms with E-state index in [1.54, 1.807) is 26.0 Å². The molecule has 1 aromatic carbocycles. The lowest BCUT2D eigenvalue weighted by Crippen LogP contribution is -2.47. The maximum Gasteiger partial charge on any atom is 0.258 e. The maximum absolute atomic E-state index is 12.9. The van der Waals surface area contributed by atoms with Gasteiger partial charge in [0.2, 0.25) is 10.0 Å². The second kappa shape index (κ2) is 9.48. The molecule has 0 bridgehead atoms. The first kappa shape index (κ1) is 22.1. The molecule has 1 aromatic heterocycles. The topological polar surface area (TPSA) is 111 Å². The van der Waals surface area contributed by atoms with E-state index in [0.29, 0.717) is 49.7 Å². The zero-order chi connectivity index (χ0) is 21.7. The van der Waals surface area contributed by atoms with Gasteiger partial charge in [-0.1, -0.05) is 17.3 Å². The molecule has 0 spiro atoms. The van der Waals surface area contributed by atoms with Gasteiger partial charge in [-0.2, -0.15) is 4.31 Å². The monoisotopic (exact) mass is 437 g/mol. The Labute approximate surface area is 176 Å². The molecule has 0 unspecified atom stereocenters. The van der Waals surface area contributed by atoms with Crippen molar-refractivity contribution in [1.29, 1.82) is 0 Å². The summed E-state index contributed by atoms with van der Waals surface area (Å²) < 4.78 is 43.2. The number of ether oxygens (including phenoxy) is 2. The third-order valence-corrected chi connectivity index (χ3v) is 7.04. The van der Waals surface area contributed by atoms with Crippen LogP contribution in [-0.2, 0) is 14.8 Å². The third kappa shape index (κ3) is 4.93. The van der Waals surface area contributed by atoms with E-state index in [2.05, 4.69) is 10.5 Å². The number of hydrogen-bond donors (Lipinski definition) is 1. The Morgan fingerprint density at radius 1 is 1.20 bits per heavy atom. The maximum atomic E-state index is 12.9. The summed E-state index contributed by atoms with van der Waals surface area (Å²) in [4.78, 5) is 12.4. The summed E-state index contributed by atoms with van der Waals surface area (Å²) in [5, 5.41) is 6.65. The molecule has 0 aliphatic carbocycles. The van der Waals surface area contributed by atoms with Crippen LogP contribution in [-0.4, -0.2) is 56.1 Å². The van der Waals surface area contributed by atoms with Gasteiger partial charge in [-0.25, -0.2) is 8.42 Å². The van der Waals surface area contributed by atoms with Crippen LogP contribution in [0.4, 0.5) is 0 Å². The lowest BCUT2D eigenvalue weighted by atomic mass is 10.1. The van der Waals surface area contributed by atoms with Crippen LogP contribution in [0.2, 0.25) is 0 Å². The van der Waals surface area contributed by atoms with E-state index in [9.17, 15) is 13.2 Å². The van der Waals surface area contributed by atoms with Crippen molar-refractivity contribution in [2.45, 2.75) is 44.6 Å². The van der Waals surface area contributed by atoms with Crippen LogP contribution in [0.5, 0.6) is 11.5 Å². The first-order chi connectivity index (χ1) is 14.3. The minimum atomic E-state index is -3.66. The summed E-state index contributed by atoms with van der Waals surface area (Å²) in [5.41, 5.74) is 0.354. The number of carbonyl (C=O) groups excluding carboxylic acids is 1. The van der Waals surface area contributed by atoms with E-state index in [0.717, 1.165) is 0 Å². The largest absolute Gasteiger partial charge is 0.490 e. The Morgan fingerprint density at radius 3 is 2.40 bits per heavy atom. The van der Waals surface area contributed by atoms with Crippen LogP contribution < -0.4 is 14.8 Å². The van der Waals surface area contributed by atoms with E-state index >= 15 is 0 Å². The number of benzene rings is 1. The zero-order valence-corrected chi connectivity index (χ0v) is 18.2.